The quantitative estimate of drug-likeness (QED) is 0.760. The molecular formula is C20H23N5O. The Morgan fingerprint density at radius 2 is 2.04 bits per heavy atom. The standard InChI is InChI=1S/C20H23N5O/c1-2-17(14-7-9-21-10-8-14)24-20(26)15-11-18-19(22-12-15)25(13-23-18)16-5-3-4-6-16/h7-13,16-17H,2-6H2,1H3,(H,24,26). The van der Waals surface area contributed by atoms with Crippen LogP contribution in [0.1, 0.15) is 67.0 Å². The summed E-state index contributed by atoms with van der Waals surface area (Å²) in [5.74, 6) is -0.126. The molecule has 0 spiro atoms. The molecule has 0 aliphatic heterocycles. The largest absolute Gasteiger partial charge is 0.345 e. The molecule has 3 heterocycles. The summed E-state index contributed by atoms with van der Waals surface area (Å²) in [6.07, 6.45) is 12.7. The van der Waals surface area contributed by atoms with Crippen LogP contribution in [-0.4, -0.2) is 25.4 Å². The number of fused-ring (bicyclic) bond motifs is 1. The predicted octanol–water partition coefficient (Wildman–Crippen LogP) is 3.82. The van der Waals surface area contributed by atoms with Gasteiger partial charge in [-0.1, -0.05) is 19.8 Å². The van der Waals surface area contributed by atoms with Gasteiger partial charge in [-0.15, -0.1) is 0 Å². The Labute approximate surface area is 152 Å². The van der Waals surface area contributed by atoms with E-state index >= 15 is 0 Å². The zero-order valence-corrected chi connectivity index (χ0v) is 14.9. The van der Waals surface area contributed by atoms with Gasteiger partial charge < -0.3 is 9.88 Å². The highest BCUT2D eigenvalue weighted by atomic mass is 16.1. The van der Waals surface area contributed by atoms with Gasteiger partial charge in [0.1, 0.15) is 5.52 Å². The van der Waals surface area contributed by atoms with Crippen LogP contribution < -0.4 is 5.32 Å². The number of carbonyl (C=O) groups is 1. The number of nitrogens with one attached hydrogen (secondary N) is 1. The van der Waals surface area contributed by atoms with Crippen molar-refractivity contribution >= 4 is 17.1 Å². The van der Waals surface area contributed by atoms with Crippen LogP contribution in [0.25, 0.3) is 11.2 Å². The number of hydrogen-bond donors (Lipinski definition) is 1. The van der Waals surface area contributed by atoms with Gasteiger partial charge in [-0.25, -0.2) is 9.97 Å². The van der Waals surface area contributed by atoms with E-state index in [1.165, 1.54) is 25.7 Å². The van der Waals surface area contributed by atoms with E-state index in [-0.39, 0.29) is 11.9 Å². The van der Waals surface area contributed by atoms with Gasteiger partial charge in [0.25, 0.3) is 5.91 Å². The molecule has 1 fully saturated rings. The van der Waals surface area contributed by atoms with Crippen molar-refractivity contribution in [2.24, 2.45) is 0 Å². The van der Waals surface area contributed by atoms with E-state index in [1.54, 1.807) is 18.6 Å². The van der Waals surface area contributed by atoms with Crippen LogP contribution in [0.3, 0.4) is 0 Å². The first kappa shape index (κ1) is 16.7. The number of aromatic nitrogens is 4. The molecule has 0 bridgehead atoms. The molecule has 4 rings (SSSR count). The molecule has 1 atom stereocenters. The molecule has 1 aliphatic rings. The Balaban J connectivity index is 1.55. The van der Waals surface area contributed by atoms with Crippen molar-refractivity contribution in [1.29, 1.82) is 0 Å². The average Bonchev–Trinajstić information content (AvgIpc) is 3.35. The lowest BCUT2D eigenvalue weighted by molar-refractivity contribution is 0.0935. The van der Waals surface area contributed by atoms with Crippen molar-refractivity contribution in [2.75, 3.05) is 0 Å². The third kappa shape index (κ3) is 3.19. The molecule has 26 heavy (non-hydrogen) atoms. The lowest BCUT2D eigenvalue weighted by atomic mass is 10.1. The summed E-state index contributed by atoms with van der Waals surface area (Å²) in [6.45, 7) is 2.05. The molecule has 1 aliphatic carbocycles. The minimum absolute atomic E-state index is 0.0442. The van der Waals surface area contributed by atoms with Crippen molar-refractivity contribution in [1.82, 2.24) is 24.8 Å². The second kappa shape index (κ2) is 7.23. The molecule has 6 heteroatoms. The molecule has 1 amide bonds. The maximum Gasteiger partial charge on any atom is 0.253 e. The number of rotatable bonds is 5. The van der Waals surface area contributed by atoms with E-state index < -0.39 is 0 Å². The predicted molar refractivity (Wildman–Crippen MR) is 99.8 cm³/mol. The maximum atomic E-state index is 12.7. The Hall–Kier alpha value is -2.76. The fourth-order valence-electron chi connectivity index (χ4n) is 3.75. The lowest BCUT2D eigenvalue weighted by Gasteiger charge is -2.17. The molecular weight excluding hydrogens is 326 g/mol. The minimum Gasteiger partial charge on any atom is -0.345 e. The normalized spacial score (nSPS) is 16.0. The van der Waals surface area contributed by atoms with Crippen molar-refractivity contribution in [3.8, 4) is 0 Å². The van der Waals surface area contributed by atoms with E-state index in [9.17, 15) is 4.79 Å². The summed E-state index contributed by atoms with van der Waals surface area (Å²) in [7, 11) is 0. The Bertz CT molecular complexity index is 899. The monoisotopic (exact) mass is 349 g/mol. The van der Waals surface area contributed by atoms with Gasteiger partial charge >= 0.3 is 0 Å². The smallest absolute Gasteiger partial charge is 0.253 e. The van der Waals surface area contributed by atoms with Crippen molar-refractivity contribution in [3.63, 3.8) is 0 Å². The Morgan fingerprint density at radius 3 is 2.77 bits per heavy atom. The third-order valence-corrected chi connectivity index (χ3v) is 5.22. The molecule has 134 valence electrons. The van der Waals surface area contributed by atoms with Gasteiger partial charge in [0.15, 0.2) is 5.65 Å². The summed E-state index contributed by atoms with van der Waals surface area (Å²) < 4.78 is 2.16. The van der Waals surface area contributed by atoms with Crippen LogP contribution in [-0.2, 0) is 0 Å². The number of nitrogens with zero attached hydrogens (tertiary/aromatic N) is 4. The summed E-state index contributed by atoms with van der Waals surface area (Å²) in [5, 5.41) is 3.08. The van der Waals surface area contributed by atoms with Crippen molar-refractivity contribution in [3.05, 3.63) is 54.2 Å². The van der Waals surface area contributed by atoms with Gasteiger partial charge in [-0.05, 0) is 43.0 Å². The average molecular weight is 349 g/mol. The molecule has 1 N–H and O–H groups in total. The molecule has 0 aromatic carbocycles. The molecule has 6 nitrogen and oxygen atoms in total. The van der Waals surface area contributed by atoms with Crippen LogP contribution in [0.2, 0.25) is 0 Å². The molecule has 1 unspecified atom stereocenters. The minimum atomic E-state index is -0.126. The number of imidazole rings is 1. The molecule has 0 saturated heterocycles. The van der Waals surface area contributed by atoms with E-state index in [1.807, 2.05) is 24.5 Å². The molecule has 3 aromatic rings. The van der Waals surface area contributed by atoms with Crippen LogP contribution in [0.15, 0.2) is 43.1 Å². The van der Waals surface area contributed by atoms with Gasteiger partial charge in [-0.2, -0.15) is 0 Å². The number of pyridine rings is 2. The first-order valence-electron chi connectivity index (χ1n) is 9.29. The molecule has 1 saturated carbocycles. The van der Waals surface area contributed by atoms with Crippen LogP contribution in [0, 0.1) is 0 Å². The van der Waals surface area contributed by atoms with E-state index in [0.29, 0.717) is 11.6 Å². The zero-order chi connectivity index (χ0) is 17.9. The second-order valence-corrected chi connectivity index (χ2v) is 6.87. The first-order valence-corrected chi connectivity index (χ1v) is 9.29. The third-order valence-electron chi connectivity index (χ3n) is 5.22. The summed E-state index contributed by atoms with van der Waals surface area (Å²) in [6, 6.07) is 6.14. The fraction of sp³-hybridized carbons (Fsp3) is 0.400. The Morgan fingerprint density at radius 1 is 1.27 bits per heavy atom. The number of carbonyl (C=O) groups excluding carboxylic acids is 1. The molecule has 0 radical (unpaired) electrons. The van der Waals surface area contributed by atoms with Gasteiger partial charge in [0, 0.05) is 24.6 Å². The number of amides is 1. The van der Waals surface area contributed by atoms with Crippen LogP contribution in [0.5, 0.6) is 0 Å². The highest BCUT2D eigenvalue weighted by molar-refractivity contribution is 5.96. The zero-order valence-electron chi connectivity index (χ0n) is 14.9. The highest BCUT2D eigenvalue weighted by Crippen LogP contribution is 2.31. The highest BCUT2D eigenvalue weighted by Gasteiger charge is 2.20. The summed E-state index contributed by atoms with van der Waals surface area (Å²) in [4.78, 5) is 25.7. The van der Waals surface area contributed by atoms with Gasteiger partial charge in [-0.3, -0.25) is 9.78 Å². The second-order valence-electron chi connectivity index (χ2n) is 6.87. The van der Waals surface area contributed by atoms with Crippen molar-refractivity contribution < 1.29 is 4.79 Å². The summed E-state index contributed by atoms with van der Waals surface area (Å²) >= 11 is 0. The van der Waals surface area contributed by atoms with Crippen LogP contribution in [0.4, 0.5) is 0 Å². The van der Waals surface area contributed by atoms with E-state index in [2.05, 4.69) is 31.8 Å². The van der Waals surface area contributed by atoms with E-state index in [0.717, 1.165) is 23.1 Å². The van der Waals surface area contributed by atoms with Crippen LogP contribution >= 0.6 is 0 Å². The maximum absolute atomic E-state index is 12.7. The van der Waals surface area contributed by atoms with Crippen molar-refractivity contribution in [2.45, 2.75) is 51.1 Å². The summed E-state index contributed by atoms with van der Waals surface area (Å²) in [5.41, 5.74) is 3.24. The number of hydrogen-bond acceptors (Lipinski definition) is 4. The lowest BCUT2D eigenvalue weighted by Crippen LogP contribution is -2.28. The van der Waals surface area contributed by atoms with Gasteiger partial charge in [0.2, 0.25) is 0 Å². The van der Waals surface area contributed by atoms with E-state index in [4.69, 9.17) is 0 Å². The van der Waals surface area contributed by atoms with Gasteiger partial charge in [0.05, 0.1) is 17.9 Å². The first-order chi connectivity index (χ1) is 12.8. The molecule has 3 aromatic heterocycles. The Kier molecular flexibility index (Phi) is 4.65. The SMILES string of the molecule is CCC(NC(=O)c1cnc2c(c1)ncn2C1CCCC1)c1ccncc1. The topological polar surface area (TPSA) is 72.7 Å². The fourth-order valence-corrected chi connectivity index (χ4v) is 3.75.